The minimum atomic E-state index is -2.23. The topological polar surface area (TPSA) is 40.2 Å². The predicted molar refractivity (Wildman–Crippen MR) is 126 cm³/mol. The fourth-order valence-electron chi connectivity index (χ4n) is 4.26. The Morgan fingerprint density at radius 1 is 0.647 bits per heavy atom. The Kier molecular flexibility index (Phi) is 23.3. The highest BCUT2D eigenvalue weighted by Crippen LogP contribution is 2.42. The molecule has 1 saturated carbocycles. The molecule has 0 aromatic heterocycles. The summed E-state index contributed by atoms with van der Waals surface area (Å²) in [5.41, 5.74) is 0. The van der Waals surface area contributed by atoms with Crippen molar-refractivity contribution in [2.75, 3.05) is 0 Å². The van der Waals surface area contributed by atoms with E-state index in [1.165, 1.54) is 25.7 Å². The van der Waals surface area contributed by atoms with Gasteiger partial charge in [0.15, 0.2) is 16.6 Å². The maximum atomic E-state index is 8.00. The molecule has 0 amide bonds. The van der Waals surface area contributed by atoms with Crippen molar-refractivity contribution in [3.63, 3.8) is 0 Å². The van der Waals surface area contributed by atoms with E-state index in [0.29, 0.717) is 12.2 Å². The molecule has 1 aliphatic carbocycles. The lowest BCUT2D eigenvalue weighted by atomic mass is 9.88. The van der Waals surface area contributed by atoms with Crippen molar-refractivity contribution >= 4 is 33.8 Å². The van der Waals surface area contributed by atoms with Crippen molar-refractivity contribution < 1.29 is 58.4 Å². The van der Waals surface area contributed by atoms with Crippen LogP contribution in [0.15, 0.2) is 0 Å². The number of epoxide rings is 1. The van der Waals surface area contributed by atoms with Crippen LogP contribution in [0.2, 0.25) is 65.0 Å². The number of rotatable bonds is 9. The average molecular weight is 593 g/mol. The predicted octanol–water partition coefficient (Wildman–Crippen LogP) is 8.95. The van der Waals surface area contributed by atoms with Crippen LogP contribution in [-0.2, 0) is 17.1 Å². The zero-order valence-electron chi connectivity index (χ0n) is 21.3. The molecule has 1 heterocycles. The van der Waals surface area contributed by atoms with Crippen LogP contribution in [0.4, 0.5) is 41.3 Å². The van der Waals surface area contributed by atoms with Gasteiger partial charge in [-0.3, -0.25) is 4.70 Å². The van der Waals surface area contributed by atoms with Gasteiger partial charge in [0.1, 0.15) is 0 Å². The van der Waals surface area contributed by atoms with Gasteiger partial charge in [0.05, 0.1) is 12.2 Å². The lowest BCUT2D eigenvalue weighted by Crippen LogP contribution is -2.56. The van der Waals surface area contributed by atoms with E-state index in [2.05, 4.69) is 58.9 Å². The number of ether oxygens (including phenoxy) is 1. The summed E-state index contributed by atoms with van der Waals surface area (Å²) in [6.45, 7) is 20.3. The zero-order valence-corrected chi connectivity index (χ0v) is 25.3. The van der Waals surface area contributed by atoms with Gasteiger partial charge in [-0.1, -0.05) is 0 Å². The largest absolute Gasteiger partial charge is 0.437 e. The lowest BCUT2D eigenvalue weighted by Gasteiger charge is -2.41. The third-order valence-electron chi connectivity index (χ3n) is 4.66. The quantitative estimate of drug-likeness (QED) is 0.152. The maximum absolute atomic E-state index is 8.00. The standard InChI is InChI=1S/C17H40O4Si4.4F2.FH/c1-22(2,3)19-24(7,8)21-25(9,20-23(4,5)6)13-12-15-10-11-16-17(14-15)18-16;4*1-2;/h15-17H,10-14H2,1-9H3;;;;;1H. The summed E-state index contributed by atoms with van der Waals surface area (Å²) in [7, 11) is -7.67. The fourth-order valence-corrected chi connectivity index (χ4v) is 22.3. The number of fused-ring (bicyclic) bond motifs is 1. The minimum absolute atomic E-state index is 0. The second-order valence-electron chi connectivity index (χ2n) is 10.5. The molecule has 0 bridgehead atoms. The van der Waals surface area contributed by atoms with Crippen LogP contribution in [0.1, 0.15) is 25.7 Å². The van der Waals surface area contributed by atoms with E-state index >= 15 is 0 Å². The van der Waals surface area contributed by atoms with Gasteiger partial charge < -0.3 is 17.1 Å². The molecule has 0 spiro atoms. The van der Waals surface area contributed by atoms with E-state index in [1.54, 1.807) is 0 Å². The minimum Gasteiger partial charge on any atom is -0.437 e. The van der Waals surface area contributed by atoms with E-state index < -0.39 is 33.8 Å². The molecule has 0 aromatic rings. The van der Waals surface area contributed by atoms with Crippen molar-refractivity contribution in [2.45, 2.75) is 103 Å². The van der Waals surface area contributed by atoms with Crippen LogP contribution in [-0.4, -0.2) is 46.0 Å². The summed E-state index contributed by atoms with van der Waals surface area (Å²) in [6, 6.07) is 1.09. The Balaban J connectivity index is -0.000000452. The van der Waals surface area contributed by atoms with E-state index in [1.807, 2.05) is 0 Å². The van der Waals surface area contributed by atoms with Crippen molar-refractivity contribution in [2.24, 2.45) is 5.92 Å². The first-order chi connectivity index (χ1) is 15.2. The van der Waals surface area contributed by atoms with Gasteiger partial charge in [0.2, 0.25) is 0 Å². The van der Waals surface area contributed by atoms with Crippen molar-refractivity contribution in [1.82, 2.24) is 0 Å². The lowest BCUT2D eigenvalue weighted by molar-refractivity contribution is 0.108. The zero-order chi connectivity index (χ0) is 27.1. The summed E-state index contributed by atoms with van der Waals surface area (Å²) in [4.78, 5) is 0. The first-order valence-corrected chi connectivity index (χ1v) is 22.7. The molecule has 4 unspecified atom stereocenters. The molecule has 1 aliphatic heterocycles. The van der Waals surface area contributed by atoms with Gasteiger partial charge in [-0.05, 0) is 96.6 Å². The fraction of sp³-hybridized carbons (Fsp3) is 1.00. The Bertz CT molecular complexity index is 489. The Hall–Kier alpha value is 0.0775. The van der Waals surface area contributed by atoms with Crippen molar-refractivity contribution in [3.8, 4) is 0 Å². The molecular formula is C17H41F9O4Si4. The summed E-state index contributed by atoms with van der Waals surface area (Å²) in [6.07, 6.45) is 6.18. The summed E-state index contributed by atoms with van der Waals surface area (Å²) in [5, 5.41) is 0. The maximum Gasteiger partial charge on any atom is 0.315 e. The average Bonchev–Trinajstić information content (AvgIpc) is 3.48. The molecule has 0 aromatic carbocycles. The number of hydrogen-bond donors (Lipinski definition) is 0. The molecule has 0 N–H and O–H groups in total. The third kappa shape index (κ3) is 20.3. The van der Waals surface area contributed by atoms with Gasteiger partial charge in [-0.25, -0.2) is 0 Å². The van der Waals surface area contributed by atoms with Crippen LogP contribution in [0, 0.1) is 5.92 Å². The SMILES string of the molecule is C[Si](C)(C)O[Si](C)(C)O[Si](C)(CCC1CCC2OC2C1)O[Si](C)(C)C.F.FF.FF.FF.FF. The molecule has 4 atom stereocenters. The van der Waals surface area contributed by atoms with Crippen LogP contribution in [0.25, 0.3) is 0 Å². The smallest absolute Gasteiger partial charge is 0.315 e. The Morgan fingerprint density at radius 3 is 1.47 bits per heavy atom. The summed E-state index contributed by atoms with van der Waals surface area (Å²) < 4.78 is 89.6. The molecule has 4 nitrogen and oxygen atoms in total. The van der Waals surface area contributed by atoms with Crippen LogP contribution < -0.4 is 0 Å². The van der Waals surface area contributed by atoms with Gasteiger partial charge in [0, 0.05) is 36.6 Å². The first kappa shape index (κ1) is 41.2. The van der Waals surface area contributed by atoms with Crippen LogP contribution in [0.3, 0.4) is 0 Å². The molecule has 212 valence electrons. The monoisotopic (exact) mass is 592 g/mol. The molecular weight excluding hydrogens is 552 g/mol. The number of hydrogen-bond acceptors (Lipinski definition) is 4. The van der Waals surface area contributed by atoms with Gasteiger partial charge in [-0.2, -0.15) is 0 Å². The molecule has 2 rings (SSSR count). The van der Waals surface area contributed by atoms with E-state index in [-0.39, 0.29) is 4.70 Å². The third-order valence-corrected chi connectivity index (χ3v) is 18.1. The highest BCUT2D eigenvalue weighted by atomic mass is 28.5. The highest BCUT2D eigenvalue weighted by Gasteiger charge is 2.47. The van der Waals surface area contributed by atoms with E-state index in [0.717, 1.165) is 12.0 Å². The molecule has 17 heteroatoms. The molecule has 0 radical (unpaired) electrons. The molecule has 2 aliphatic rings. The molecule has 2 fully saturated rings. The first-order valence-electron chi connectivity index (χ1n) is 10.5. The molecule has 34 heavy (non-hydrogen) atoms. The van der Waals surface area contributed by atoms with Gasteiger partial charge >= 0.3 is 17.1 Å². The van der Waals surface area contributed by atoms with Crippen molar-refractivity contribution in [3.05, 3.63) is 0 Å². The Labute approximate surface area is 201 Å². The number of halogens is 9. The Morgan fingerprint density at radius 2 is 1.09 bits per heavy atom. The highest BCUT2D eigenvalue weighted by molar-refractivity contribution is 6.89. The normalized spacial score (nSPS) is 22.7. The van der Waals surface area contributed by atoms with E-state index in [9.17, 15) is 0 Å². The van der Waals surface area contributed by atoms with Crippen LogP contribution >= 0.6 is 0 Å². The summed E-state index contributed by atoms with van der Waals surface area (Å²) >= 11 is 0. The van der Waals surface area contributed by atoms with Crippen molar-refractivity contribution in [1.29, 1.82) is 0 Å². The molecule has 1 saturated heterocycles. The van der Waals surface area contributed by atoms with Crippen LogP contribution in [0.5, 0.6) is 0 Å². The second kappa shape index (κ2) is 19.2. The van der Waals surface area contributed by atoms with E-state index in [4.69, 9.17) is 53.7 Å². The van der Waals surface area contributed by atoms with Gasteiger partial charge in [-0.15, -0.1) is 0 Å². The van der Waals surface area contributed by atoms with Gasteiger partial charge in [0.25, 0.3) is 0 Å². The second-order valence-corrected chi connectivity index (χ2v) is 27.0. The summed E-state index contributed by atoms with van der Waals surface area (Å²) in [5.74, 6) is 0.784.